The average molecular weight is 375 g/mol. The molecule has 0 bridgehead atoms. The van der Waals surface area contributed by atoms with E-state index in [1.54, 1.807) is 0 Å². The predicted molar refractivity (Wildman–Crippen MR) is 108 cm³/mol. The molecule has 1 aliphatic carbocycles. The summed E-state index contributed by atoms with van der Waals surface area (Å²) in [6, 6.07) is 7.66. The molecular formula is C22H34N2O3. The lowest BCUT2D eigenvalue weighted by Gasteiger charge is -2.28. The molecule has 1 atom stereocenters. The molecule has 1 aromatic carbocycles. The van der Waals surface area contributed by atoms with Gasteiger partial charge in [0.15, 0.2) is 0 Å². The second-order valence-corrected chi connectivity index (χ2v) is 7.96. The molecule has 5 heteroatoms. The molecule has 1 aliphatic heterocycles. The number of rotatable bonds is 10. The number of hydrogen-bond acceptors (Lipinski definition) is 4. The summed E-state index contributed by atoms with van der Waals surface area (Å²) >= 11 is 0. The molecule has 1 heterocycles. The largest absolute Gasteiger partial charge is 0.492 e. The zero-order valence-corrected chi connectivity index (χ0v) is 16.8. The molecule has 0 unspecified atom stereocenters. The highest BCUT2D eigenvalue weighted by atomic mass is 16.5. The van der Waals surface area contributed by atoms with Gasteiger partial charge in [-0.15, -0.1) is 0 Å². The molecule has 2 fully saturated rings. The maximum atomic E-state index is 12.8. The van der Waals surface area contributed by atoms with E-state index in [-0.39, 0.29) is 5.91 Å². The zero-order valence-electron chi connectivity index (χ0n) is 16.8. The Balaban J connectivity index is 1.47. The van der Waals surface area contributed by atoms with Gasteiger partial charge in [-0.25, -0.2) is 0 Å². The molecule has 0 radical (unpaired) electrons. The lowest BCUT2D eigenvalue weighted by Crippen LogP contribution is -2.45. The molecule has 1 N–H and O–H groups in total. The van der Waals surface area contributed by atoms with Crippen molar-refractivity contribution < 1.29 is 14.3 Å². The number of nitrogens with zero attached hydrogens (tertiary/aromatic N) is 1. The standard InChI is InChI=1S/C22H34N2O3/c1-3-16-27-22(2,18-7-8-18)21(25)23-19-9-11-20(12-10-19)26-17-15-24-13-5-4-6-14-24/h9-12,18H,3-8,13-17H2,1-2H3,(H,23,25)/t22-/m1/s1. The first-order chi connectivity index (χ1) is 13.1. The Morgan fingerprint density at radius 1 is 1.15 bits per heavy atom. The van der Waals surface area contributed by atoms with E-state index in [4.69, 9.17) is 9.47 Å². The fourth-order valence-corrected chi connectivity index (χ4v) is 3.68. The lowest BCUT2D eigenvalue weighted by molar-refractivity contribution is -0.142. The third-order valence-electron chi connectivity index (χ3n) is 5.65. The van der Waals surface area contributed by atoms with Crippen LogP contribution in [-0.2, 0) is 9.53 Å². The molecule has 0 aromatic heterocycles. The van der Waals surface area contributed by atoms with Crippen LogP contribution in [0.2, 0.25) is 0 Å². The van der Waals surface area contributed by atoms with E-state index in [2.05, 4.69) is 17.1 Å². The Labute approximate surface area is 163 Å². The number of amides is 1. The predicted octanol–water partition coefficient (Wildman–Crippen LogP) is 4.09. The van der Waals surface area contributed by atoms with Crippen LogP contribution >= 0.6 is 0 Å². The van der Waals surface area contributed by atoms with Gasteiger partial charge in [-0.3, -0.25) is 9.69 Å². The van der Waals surface area contributed by atoms with Crippen LogP contribution in [0.5, 0.6) is 5.75 Å². The van der Waals surface area contributed by atoms with Gasteiger partial charge in [0, 0.05) is 18.8 Å². The van der Waals surface area contributed by atoms with Crippen molar-refractivity contribution in [3.63, 3.8) is 0 Å². The van der Waals surface area contributed by atoms with Crippen LogP contribution < -0.4 is 10.1 Å². The van der Waals surface area contributed by atoms with Crippen molar-refractivity contribution in [2.45, 2.75) is 58.0 Å². The van der Waals surface area contributed by atoms with E-state index in [0.717, 1.165) is 37.2 Å². The summed E-state index contributed by atoms with van der Waals surface area (Å²) in [5.74, 6) is 1.14. The molecule has 2 aliphatic rings. The van der Waals surface area contributed by atoms with E-state index >= 15 is 0 Å². The fraction of sp³-hybridized carbons (Fsp3) is 0.682. The van der Waals surface area contributed by atoms with Gasteiger partial charge in [0.2, 0.25) is 0 Å². The fourth-order valence-electron chi connectivity index (χ4n) is 3.68. The van der Waals surface area contributed by atoms with Crippen molar-refractivity contribution in [3.8, 4) is 5.75 Å². The number of carbonyl (C=O) groups is 1. The normalized spacial score (nSPS) is 20.1. The van der Waals surface area contributed by atoms with Gasteiger partial charge in [-0.05, 0) is 82.3 Å². The van der Waals surface area contributed by atoms with Crippen molar-refractivity contribution in [1.29, 1.82) is 0 Å². The molecule has 3 rings (SSSR count). The van der Waals surface area contributed by atoms with E-state index in [9.17, 15) is 4.79 Å². The topological polar surface area (TPSA) is 50.8 Å². The number of ether oxygens (including phenoxy) is 2. The van der Waals surface area contributed by atoms with Gasteiger partial charge < -0.3 is 14.8 Å². The molecule has 150 valence electrons. The maximum absolute atomic E-state index is 12.8. The summed E-state index contributed by atoms with van der Waals surface area (Å²) in [6.45, 7) is 8.67. The van der Waals surface area contributed by atoms with Crippen molar-refractivity contribution >= 4 is 11.6 Å². The minimum absolute atomic E-state index is 0.0442. The van der Waals surface area contributed by atoms with Crippen LogP contribution in [0.25, 0.3) is 0 Å². The van der Waals surface area contributed by atoms with Crippen LogP contribution in [0.1, 0.15) is 52.4 Å². The maximum Gasteiger partial charge on any atom is 0.256 e. The highest BCUT2D eigenvalue weighted by Crippen LogP contribution is 2.42. The molecule has 1 saturated carbocycles. The lowest BCUT2D eigenvalue weighted by atomic mass is 9.98. The van der Waals surface area contributed by atoms with E-state index in [0.29, 0.717) is 19.1 Å². The number of likely N-dealkylation sites (tertiary alicyclic amines) is 1. The third-order valence-corrected chi connectivity index (χ3v) is 5.65. The number of benzene rings is 1. The first kappa shape index (κ1) is 20.2. The van der Waals surface area contributed by atoms with Crippen molar-refractivity contribution in [2.75, 3.05) is 38.2 Å². The quantitative estimate of drug-likeness (QED) is 0.670. The number of nitrogens with one attached hydrogen (secondary N) is 1. The summed E-state index contributed by atoms with van der Waals surface area (Å²) < 4.78 is 11.8. The Morgan fingerprint density at radius 3 is 2.48 bits per heavy atom. The Morgan fingerprint density at radius 2 is 1.85 bits per heavy atom. The van der Waals surface area contributed by atoms with Crippen molar-refractivity contribution in [2.24, 2.45) is 5.92 Å². The Bertz CT molecular complexity index is 594. The molecular weight excluding hydrogens is 340 g/mol. The van der Waals surface area contributed by atoms with Gasteiger partial charge in [-0.2, -0.15) is 0 Å². The summed E-state index contributed by atoms with van der Waals surface area (Å²) in [7, 11) is 0. The molecule has 27 heavy (non-hydrogen) atoms. The van der Waals surface area contributed by atoms with Gasteiger partial charge in [0.25, 0.3) is 5.91 Å². The van der Waals surface area contributed by atoms with Crippen LogP contribution in [0.15, 0.2) is 24.3 Å². The summed E-state index contributed by atoms with van der Waals surface area (Å²) in [5, 5.41) is 3.02. The molecule has 0 spiro atoms. The highest BCUT2D eigenvalue weighted by molar-refractivity contribution is 5.97. The van der Waals surface area contributed by atoms with E-state index in [1.165, 1.54) is 32.4 Å². The second kappa shape index (κ2) is 9.56. The summed E-state index contributed by atoms with van der Waals surface area (Å²) in [4.78, 5) is 15.2. The minimum Gasteiger partial charge on any atom is -0.492 e. The Kier molecular flexibility index (Phi) is 7.13. The second-order valence-electron chi connectivity index (χ2n) is 7.96. The van der Waals surface area contributed by atoms with Crippen LogP contribution in [0, 0.1) is 5.92 Å². The average Bonchev–Trinajstić information content (AvgIpc) is 3.54. The summed E-state index contributed by atoms with van der Waals surface area (Å²) in [6.07, 6.45) is 7.01. The minimum atomic E-state index is -0.723. The van der Waals surface area contributed by atoms with E-state index < -0.39 is 5.60 Å². The van der Waals surface area contributed by atoms with Gasteiger partial charge >= 0.3 is 0 Å². The van der Waals surface area contributed by atoms with Crippen LogP contribution in [0.4, 0.5) is 5.69 Å². The van der Waals surface area contributed by atoms with Gasteiger partial charge in [0.05, 0.1) is 0 Å². The third kappa shape index (κ3) is 5.69. The van der Waals surface area contributed by atoms with Crippen molar-refractivity contribution in [3.05, 3.63) is 24.3 Å². The van der Waals surface area contributed by atoms with Gasteiger partial charge in [-0.1, -0.05) is 13.3 Å². The molecule has 1 saturated heterocycles. The zero-order chi connectivity index (χ0) is 19.1. The number of piperidine rings is 1. The van der Waals surface area contributed by atoms with Gasteiger partial charge in [0.1, 0.15) is 18.0 Å². The number of hydrogen-bond donors (Lipinski definition) is 1. The highest BCUT2D eigenvalue weighted by Gasteiger charge is 2.48. The smallest absolute Gasteiger partial charge is 0.256 e. The first-order valence-corrected chi connectivity index (χ1v) is 10.5. The molecule has 1 amide bonds. The monoisotopic (exact) mass is 374 g/mol. The first-order valence-electron chi connectivity index (χ1n) is 10.5. The number of anilines is 1. The van der Waals surface area contributed by atoms with E-state index in [1.807, 2.05) is 31.2 Å². The Hall–Kier alpha value is -1.59. The summed E-state index contributed by atoms with van der Waals surface area (Å²) in [5.41, 5.74) is 0.0648. The van der Waals surface area contributed by atoms with Crippen LogP contribution in [0.3, 0.4) is 0 Å². The van der Waals surface area contributed by atoms with Crippen molar-refractivity contribution in [1.82, 2.24) is 4.90 Å². The molecule has 5 nitrogen and oxygen atoms in total. The van der Waals surface area contributed by atoms with Crippen LogP contribution in [-0.4, -0.2) is 49.3 Å². The number of carbonyl (C=O) groups excluding carboxylic acids is 1. The molecule has 1 aromatic rings. The SMILES string of the molecule is CCCO[C@@](C)(C(=O)Nc1ccc(OCCN2CCCCC2)cc1)C1CC1.